The van der Waals surface area contributed by atoms with Gasteiger partial charge in [0.05, 0.1) is 5.56 Å². The molecule has 0 aliphatic carbocycles. The van der Waals surface area contributed by atoms with Crippen molar-refractivity contribution in [2.24, 2.45) is 0 Å². The summed E-state index contributed by atoms with van der Waals surface area (Å²) in [5.41, 5.74) is 4.98. The van der Waals surface area contributed by atoms with Crippen LogP contribution in [0.5, 0.6) is 0 Å². The molecule has 1 aliphatic rings. The number of nitrogens with one attached hydrogen (secondary N) is 2. The number of benzene rings is 1. The molecule has 2 heterocycles. The summed E-state index contributed by atoms with van der Waals surface area (Å²) in [5.74, 6) is -0.0252. The lowest BCUT2D eigenvalue weighted by molar-refractivity contribution is 0.0956. The van der Waals surface area contributed by atoms with Crippen LogP contribution in [-0.2, 0) is 0 Å². The summed E-state index contributed by atoms with van der Waals surface area (Å²) >= 11 is 5.97. The van der Waals surface area contributed by atoms with Crippen LogP contribution in [0.3, 0.4) is 0 Å². The fourth-order valence-corrected chi connectivity index (χ4v) is 3.23. The second kappa shape index (κ2) is 7.24. The Morgan fingerprint density at radius 3 is 2.71 bits per heavy atom. The van der Waals surface area contributed by atoms with Crippen LogP contribution in [0.1, 0.15) is 28.2 Å². The first-order chi connectivity index (χ1) is 11.6. The average molecular weight is 344 g/mol. The Morgan fingerprint density at radius 2 is 2.04 bits per heavy atom. The molecule has 3 rings (SSSR count). The number of nitrogens with zero attached hydrogens (tertiary/aromatic N) is 1. The molecule has 1 aromatic heterocycles. The SMILES string of the molecule is Cc1cc(C(=O)NCC2=CCNCC2)c(C)n1-c1ccc(Cl)cc1. The number of amides is 1. The zero-order valence-corrected chi connectivity index (χ0v) is 14.8. The second-order valence-electron chi connectivity index (χ2n) is 6.10. The Morgan fingerprint density at radius 1 is 1.29 bits per heavy atom. The Labute approximate surface area is 147 Å². The monoisotopic (exact) mass is 343 g/mol. The molecule has 0 saturated carbocycles. The van der Waals surface area contributed by atoms with Gasteiger partial charge in [-0.3, -0.25) is 4.79 Å². The van der Waals surface area contributed by atoms with Crippen LogP contribution in [0.4, 0.5) is 0 Å². The summed E-state index contributed by atoms with van der Waals surface area (Å²) in [7, 11) is 0. The van der Waals surface area contributed by atoms with Crippen molar-refractivity contribution in [2.45, 2.75) is 20.3 Å². The van der Waals surface area contributed by atoms with Gasteiger partial charge in [-0.05, 0) is 57.1 Å². The number of carbonyl (C=O) groups excluding carboxylic acids is 1. The van der Waals surface area contributed by atoms with Gasteiger partial charge in [-0.2, -0.15) is 0 Å². The van der Waals surface area contributed by atoms with E-state index in [1.807, 2.05) is 44.2 Å². The standard InChI is InChI=1S/C19H22ClN3O/c1-13-11-18(19(24)22-12-15-7-9-21-10-8-15)14(2)23(13)17-5-3-16(20)4-6-17/h3-7,11,21H,8-10,12H2,1-2H3,(H,22,24). The molecule has 0 spiro atoms. The van der Waals surface area contributed by atoms with Crippen LogP contribution >= 0.6 is 11.6 Å². The predicted molar refractivity (Wildman–Crippen MR) is 98.2 cm³/mol. The number of aryl methyl sites for hydroxylation is 1. The molecule has 2 aromatic rings. The molecule has 5 heteroatoms. The van der Waals surface area contributed by atoms with Gasteiger partial charge >= 0.3 is 0 Å². The van der Waals surface area contributed by atoms with Crippen molar-refractivity contribution in [3.05, 3.63) is 64.0 Å². The van der Waals surface area contributed by atoms with E-state index in [0.717, 1.165) is 42.1 Å². The molecule has 24 heavy (non-hydrogen) atoms. The van der Waals surface area contributed by atoms with Crippen molar-refractivity contribution in [2.75, 3.05) is 19.6 Å². The molecule has 0 saturated heterocycles. The van der Waals surface area contributed by atoms with Crippen LogP contribution < -0.4 is 10.6 Å². The van der Waals surface area contributed by atoms with Crippen LogP contribution in [0.2, 0.25) is 5.02 Å². The Hall–Kier alpha value is -2.04. The van der Waals surface area contributed by atoms with Crippen molar-refractivity contribution >= 4 is 17.5 Å². The lowest BCUT2D eigenvalue weighted by Gasteiger charge is -2.14. The molecule has 0 unspecified atom stereocenters. The maximum absolute atomic E-state index is 12.6. The van der Waals surface area contributed by atoms with Gasteiger partial charge in [0.25, 0.3) is 5.91 Å². The molecule has 1 amide bonds. The van der Waals surface area contributed by atoms with Crippen LogP contribution in [0, 0.1) is 13.8 Å². The third kappa shape index (κ3) is 3.55. The largest absolute Gasteiger partial charge is 0.348 e. The van der Waals surface area contributed by atoms with E-state index in [9.17, 15) is 4.79 Å². The molecule has 2 N–H and O–H groups in total. The summed E-state index contributed by atoms with van der Waals surface area (Å²) in [5, 5.41) is 7.02. The third-order valence-electron chi connectivity index (χ3n) is 4.39. The third-order valence-corrected chi connectivity index (χ3v) is 4.65. The highest BCUT2D eigenvalue weighted by Crippen LogP contribution is 2.22. The number of carbonyl (C=O) groups is 1. The first kappa shape index (κ1) is 16.8. The first-order valence-electron chi connectivity index (χ1n) is 8.18. The highest BCUT2D eigenvalue weighted by atomic mass is 35.5. The quantitative estimate of drug-likeness (QED) is 0.836. The van der Waals surface area contributed by atoms with E-state index in [4.69, 9.17) is 11.6 Å². The topological polar surface area (TPSA) is 46.1 Å². The molecule has 126 valence electrons. The normalized spacial score (nSPS) is 14.4. The minimum Gasteiger partial charge on any atom is -0.348 e. The van der Waals surface area contributed by atoms with Crippen molar-refractivity contribution in [3.63, 3.8) is 0 Å². The molecule has 1 aromatic carbocycles. The van der Waals surface area contributed by atoms with Gasteiger partial charge in [-0.15, -0.1) is 0 Å². The van der Waals surface area contributed by atoms with E-state index in [0.29, 0.717) is 11.6 Å². The summed E-state index contributed by atoms with van der Waals surface area (Å²) in [6, 6.07) is 9.59. The lowest BCUT2D eigenvalue weighted by atomic mass is 10.1. The molecule has 0 fully saturated rings. The van der Waals surface area contributed by atoms with E-state index >= 15 is 0 Å². The summed E-state index contributed by atoms with van der Waals surface area (Å²) in [6.07, 6.45) is 3.14. The lowest BCUT2D eigenvalue weighted by Crippen LogP contribution is -2.29. The van der Waals surface area contributed by atoms with Gasteiger partial charge in [0.1, 0.15) is 0 Å². The van der Waals surface area contributed by atoms with Crippen LogP contribution in [-0.4, -0.2) is 30.1 Å². The van der Waals surface area contributed by atoms with Gasteiger partial charge in [0.15, 0.2) is 0 Å². The number of hydrogen-bond donors (Lipinski definition) is 2. The molecule has 0 atom stereocenters. The molecule has 4 nitrogen and oxygen atoms in total. The van der Waals surface area contributed by atoms with E-state index < -0.39 is 0 Å². The maximum Gasteiger partial charge on any atom is 0.253 e. The minimum atomic E-state index is -0.0252. The van der Waals surface area contributed by atoms with E-state index in [2.05, 4.69) is 21.3 Å². The van der Waals surface area contributed by atoms with Gasteiger partial charge in [-0.25, -0.2) is 0 Å². The summed E-state index contributed by atoms with van der Waals surface area (Å²) in [6.45, 7) is 6.46. The van der Waals surface area contributed by atoms with Crippen molar-refractivity contribution in [3.8, 4) is 5.69 Å². The fourth-order valence-electron chi connectivity index (χ4n) is 3.10. The average Bonchev–Trinajstić information content (AvgIpc) is 2.89. The van der Waals surface area contributed by atoms with Gasteiger partial charge in [0, 0.05) is 35.2 Å². The van der Waals surface area contributed by atoms with Crippen molar-refractivity contribution in [1.82, 2.24) is 15.2 Å². The highest BCUT2D eigenvalue weighted by Gasteiger charge is 2.17. The Balaban J connectivity index is 1.79. The number of halogens is 1. The fraction of sp³-hybridized carbons (Fsp3) is 0.316. The summed E-state index contributed by atoms with van der Waals surface area (Å²) in [4.78, 5) is 12.6. The van der Waals surface area contributed by atoms with E-state index in [1.165, 1.54) is 5.57 Å². The molecule has 1 aliphatic heterocycles. The smallest absolute Gasteiger partial charge is 0.253 e. The van der Waals surface area contributed by atoms with Gasteiger partial charge in [0.2, 0.25) is 0 Å². The molecular formula is C19H22ClN3O. The van der Waals surface area contributed by atoms with Crippen LogP contribution in [0.25, 0.3) is 5.69 Å². The number of aromatic nitrogens is 1. The molecular weight excluding hydrogens is 322 g/mol. The second-order valence-corrected chi connectivity index (χ2v) is 6.53. The molecule has 0 radical (unpaired) electrons. The number of rotatable bonds is 4. The number of hydrogen-bond acceptors (Lipinski definition) is 2. The van der Waals surface area contributed by atoms with E-state index in [1.54, 1.807) is 0 Å². The highest BCUT2D eigenvalue weighted by molar-refractivity contribution is 6.30. The molecule has 0 bridgehead atoms. The van der Waals surface area contributed by atoms with Gasteiger partial charge < -0.3 is 15.2 Å². The predicted octanol–water partition coefficient (Wildman–Crippen LogP) is 3.40. The first-order valence-corrected chi connectivity index (χ1v) is 8.56. The van der Waals surface area contributed by atoms with E-state index in [-0.39, 0.29) is 5.91 Å². The zero-order chi connectivity index (χ0) is 17.1. The minimum absolute atomic E-state index is 0.0252. The van der Waals surface area contributed by atoms with Gasteiger partial charge in [-0.1, -0.05) is 23.3 Å². The van der Waals surface area contributed by atoms with Crippen molar-refractivity contribution in [1.29, 1.82) is 0 Å². The van der Waals surface area contributed by atoms with Crippen molar-refractivity contribution < 1.29 is 4.79 Å². The Bertz CT molecular complexity index is 775. The zero-order valence-electron chi connectivity index (χ0n) is 14.0. The Kier molecular flexibility index (Phi) is 5.07. The maximum atomic E-state index is 12.6. The summed E-state index contributed by atoms with van der Waals surface area (Å²) < 4.78 is 2.08. The van der Waals surface area contributed by atoms with Crippen LogP contribution in [0.15, 0.2) is 42.0 Å².